The van der Waals surface area contributed by atoms with Crippen LogP contribution in [0.5, 0.6) is 5.75 Å². The van der Waals surface area contributed by atoms with Crippen LogP contribution in [0.25, 0.3) is 0 Å². The zero-order valence-electron chi connectivity index (χ0n) is 17.3. The molecule has 0 aliphatic carbocycles. The minimum Gasteiger partial charge on any atom is -0.424 e. The minimum atomic E-state index is -0.531. The fourth-order valence-corrected chi connectivity index (χ4v) is 2.82. The van der Waals surface area contributed by atoms with E-state index in [0.29, 0.717) is 23.4 Å². The molecule has 0 aromatic heterocycles. The van der Waals surface area contributed by atoms with Gasteiger partial charge in [-0.15, -0.1) is 0 Å². The van der Waals surface area contributed by atoms with E-state index in [1.54, 1.807) is 25.1 Å². The molecular weight excluding hydrogens is 370 g/mol. The summed E-state index contributed by atoms with van der Waals surface area (Å²) in [5.41, 5.74) is 1.39. The third-order valence-corrected chi connectivity index (χ3v) is 4.40. The van der Waals surface area contributed by atoms with E-state index < -0.39 is 12.1 Å². The standard InChI is InChI=1S/C21H25N5O3/c1-7-16-18(27)26(20(28)25-16)13(2)12-24-19(23-6)29-17-9-8-14(11-22)10-15(17)21(3,4)5/h8-10,12,16H,6-7H2,1-5H3,(H,25,28)/b13-12+,24-19?/t16-/m1/s1. The summed E-state index contributed by atoms with van der Waals surface area (Å²) in [5.74, 6) is 0.173. The lowest BCUT2D eigenvalue weighted by Gasteiger charge is -2.22. The van der Waals surface area contributed by atoms with Crippen LogP contribution < -0.4 is 10.1 Å². The summed E-state index contributed by atoms with van der Waals surface area (Å²) in [6.07, 6.45) is 1.84. The number of hydrogen-bond acceptors (Lipinski definition) is 5. The molecule has 3 amide bonds. The van der Waals surface area contributed by atoms with E-state index in [1.165, 1.54) is 6.20 Å². The molecule has 152 valence electrons. The number of urea groups is 1. The Hall–Kier alpha value is -3.47. The van der Waals surface area contributed by atoms with Gasteiger partial charge in [0.15, 0.2) is 0 Å². The SMILES string of the molecule is C=NC(=N/C=C(\C)N1C(=O)N[C@H](CC)C1=O)Oc1ccc(C#N)cc1C(C)(C)C. The number of carbonyl (C=O) groups excluding carboxylic acids is 2. The largest absolute Gasteiger partial charge is 0.424 e. The second-order valence-corrected chi connectivity index (χ2v) is 7.60. The number of nitriles is 1. The molecule has 0 saturated carbocycles. The number of amides is 3. The van der Waals surface area contributed by atoms with Crippen molar-refractivity contribution in [3.8, 4) is 11.8 Å². The van der Waals surface area contributed by atoms with Gasteiger partial charge < -0.3 is 10.1 Å². The van der Waals surface area contributed by atoms with Gasteiger partial charge in [0.05, 0.1) is 17.8 Å². The molecule has 29 heavy (non-hydrogen) atoms. The average molecular weight is 395 g/mol. The van der Waals surface area contributed by atoms with Crippen LogP contribution in [0.1, 0.15) is 52.2 Å². The predicted molar refractivity (Wildman–Crippen MR) is 111 cm³/mol. The quantitative estimate of drug-likeness (QED) is 0.478. The Bertz CT molecular complexity index is 935. The molecule has 1 aliphatic rings. The Morgan fingerprint density at radius 1 is 1.41 bits per heavy atom. The topological polar surface area (TPSA) is 107 Å². The molecule has 1 saturated heterocycles. The maximum absolute atomic E-state index is 12.3. The maximum Gasteiger partial charge on any atom is 0.329 e. The van der Waals surface area contributed by atoms with Gasteiger partial charge in [0.2, 0.25) is 0 Å². The molecule has 8 nitrogen and oxygen atoms in total. The number of carbonyl (C=O) groups is 2. The van der Waals surface area contributed by atoms with Gasteiger partial charge in [0, 0.05) is 11.3 Å². The Kier molecular flexibility index (Phi) is 6.54. The van der Waals surface area contributed by atoms with Crippen LogP contribution >= 0.6 is 0 Å². The summed E-state index contributed by atoms with van der Waals surface area (Å²) in [6, 6.07) is 6.14. The summed E-state index contributed by atoms with van der Waals surface area (Å²) >= 11 is 0. The molecule has 2 rings (SSSR count). The highest BCUT2D eigenvalue weighted by Gasteiger charge is 2.37. The number of rotatable bonds is 4. The van der Waals surface area contributed by atoms with Crippen molar-refractivity contribution in [2.24, 2.45) is 9.98 Å². The summed E-state index contributed by atoms with van der Waals surface area (Å²) < 4.78 is 5.79. The highest BCUT2D eigenvalue weighted by molar-refractivity contribution is 6.05. The number of amidine groups is 1. The highest BCUT2D eigenvalue weighted by atomic mass is 16.5. The van der Waals surface area contributed by atoms with E-state index >= 15 is 0 Å². The maximum atomic E-state index is 12.3. The lowest BCUT2D eigenvalue weighted by atomic mass is 9.85. The fraction of sp³-hybridized carbons (Fsp3) is 0.381. The number of nitrogens with one attached hydrogen (secondary N) is 1. The Morgan fingerprint density at radius 2 is 2.10 bits per heavy atom. The molecular formula is C21H25N5O3. The number of imide groups is 1. The van der Waals surface area contributed by atoms with Crippen LogP contribution in [0.4, 0.5) is 4.79 Å². The number of hydrogen-bond donors (Lipinski definition) is 1. The van der Waals surface area contributed by atoms with Crippen molar-refractivity contribution >= 4 is 24.7 Å². The first-order chi connectivity index (χ1) is 13.6. The summed E-state index contributed by atoms with van der Waals surface area (Å²) in [4.78, 5) is 33.3. The smallest absolute Gasteiger partial charge is 0.329 e. The zero-order chi connectivity index (χ0) is 21.8. The van der Waals surface area contributed by atoms with E-state index in [2.05, 4.69) is 28.1 Å². The predicted octanol–water partition coefficient (Wildman–Crippen LogP) is 3.48. The van der Waals surface area contributed by atoms with E-state index in [1.807, 2.05) is 27.7 Å². The lowest BCUT2D eigenvalue weighted by molar-refractivity contribution is -0.126. The highest BCUT2D eigenvalue weighted by Crippen LogP contribution is 2.32. The number of aliphatic imine (C=N–C) groups is 2. The van der Waals surface area contributed by atoms with Gasteiger partial charge in [-0.05, 0) is 43.7 Å². The van der Waals surface area contributed by atoms with Crippen LogP contribution in [0, 0.1) is 11.3 Å². The molecule has 0 bridgehead atoms. The second kappa shape index (κ2) is 8.69. The zero-order valence-corrected chi connectivity index (χ0v) is 17.3. The first-order valence-corrected chi connectivity index (χ1v) is 9.20. The van der Waals surface area contributed by atoms with Crippen LogP contribution in [-0.4, -0.2) is 35.6 Å². The summed E-state index contributed by atoms with van der Waals surface area (Å²) in [5, 5.41) is 11.8. The molecule has 0 unspecified atom stereocenters. The van der Waals surface area contributed by atoms with Crippen molar-refractivity contribution in [1.29, 1.82) is 5.26 Å². The van der Waals surface area contributed by atoms with Crippen molar-refractivity contribution in [3.63, 3.8) is 0 Å². The number of allylic oxidation sites excluding steroid dienone is 1. The first-order valence-electron chi connectivity index (χ1n) is 9.20. The van der Waals surface area contributed by atoms with Crippen molar-refractivity contribution in [2.75, 3.05) is 0 Å². The average Bonchev–Trinajstić information content (AvgIpc) is 2.97. The molecule has 1 fully saturated rings. The van der Waals surface area contributed by atoms with Gasteiger partial charge in [-0.2, -0.15) is 5.26 Å². The number of nitrogens with zero attached hydrogens (tertiary/aromatic N) is 4. The third kappa shape index (κ3) is 4.88. The van der Waals surface area contributed by atoms with Crippen molar-refractivity contribution < 1.29 is 14.3 Å². The van der Waals surface area contributed by atoms with Gasteiger partial charge in [-0.25, -0.2) is 19.7 Å². The van der Waals surface area contributed by atoms with Crippen LogP contribution in [0.15, 0.2) is 40.1 Å². The Labute approximate surface area is 170 Å². The molecule has 0 radical (unpaired) electrons. The van der Waals surface area contributed by atoms with Crippen LogP contribution in [-0.2, 0) is 10.2 Å². The third-order valence-electron chi connectivity index (χ3n) is 4.40. The number of ether oxygens (including phenoxy) is 1. The normalized spacial score (nSPS) is 17.8. The fourth-order valence-electron chi connectivity index (χ4n) is 2.82. The van der Waals surface area contributed by atoms with Crippen LogP contribution in [0.2, 0.25) is 0 Å². The molecule has 1 aromatic carbocycles. The molecule has 1 N–H and O–H groups in total. The number of benzene rings is 1. The van der Waals surface area contributed by atoms with E-state index in [0.717, 1.165) is 10.5 Å². The molecule has 0 spiro atoms. The van der Waals surface area contributed by atoms with Gasteiger partial charge in [0.25, 0.3) is 5.91 Å². The van der Waals surface area contributed by atoms with E-state index in [4.69, 9.17) is 10.00 Å². The van der Waals surface area contributed by atoms with E-state index in [-0.39, 0.29) is 17.3 Å². The van der Waals surface area contributed by atoms with Crippen molar-refractivity contribution in [2.45, 2.75) is 52.5 Å². The molecule has 1 heterocycles. The van der Waals surface area contributed by atoms with Crippen molar-refractivity contribution in [1.82, 2.24) is 10.2 Å². The summed E-state index contributed by atoms with van der Waals surface area (Å²) in [7, 11) is 0. The first kappa shape index (κ1) is 21.8. The molecule has 1 atom stereocenters. The van der Waals surface area contributed by atoms with Crippen LogP contribution in [0.3, 0.4) is 0 Å². The monoisotopic (exact) mass is 395 g/mol. The van der Waals surface area contributed by atoms with E-state index in [9.17, 15) is 9.59 Å². The molecule has 8 heteroatoms. The van der Waals surface area contributed by atoms with Crippen molar-refractivity contribution in [3.05, 3.63) is 41.2 Å². The lowest BCUT2D eigenvalue weighted by Crippen LogP contribution is -2.29. The molecule has 1 aliphatic heterocycles. The Morgan fingerprint density at radius 3 is 2.62 bits per heavy atom. The van der Waals surface area contributed by atoms with Gasteiger partial charge in [0.1, 0.15) is 11.8 Å². The van der Waals surface area contributed by atoms with Gasteiger partial charge in [-0.1, -0.05) is 27.7 Å². The van der Waals surface area contributed by atoms with Gasteiger partial charge >= 0.3 is 12.1 Å². The Balaban J connectivity index is 2.31. The van der Waals surface area contributed by atoms with Gasteiger partial charge in [-0.3, -0.25) is 4.79 Å². The molecule has 1 aromatic rings. The minimum absolute atomic E-state index is 0.0429. The summed E-state index contributed by atoms with van der Waals surface area (Å²) in [6.45, 7) is 12.9. The second-order valence-electron chi connectivity index (χ2n) is 7.60.